The monoisotopic (exact) mass is 318 g/mol. The number of ether oxygens (including phenoxy) is 1. The topological polar surface area (TPSA) is 72.6 Å². The van der Waals surface area contributed by atoms with E-state index >= 15 is 0 Å². The fourth-order valence-corrected chi connectivity index (χ4v) is 4.25. The third-order valence-electron chi connectivity index (χ3n) is 3.78. The van der Waals surface area contributed by atoms with Gasteiger partial charge in [-0.25, -0.2) is 8.42 Å². The minimum Gasteiger partial charge on any atom is -0.495 e. The Morgan fingerprint density at radius 1 is 1.50 bits per heavy atom. The molecular weight excluding hydrogens is 300 g/mol. The smallest absolute Gasteiger partial charge is 0.243 e. The van der Waals surface area contributed by atoms with Crippen molar-refractivity contribution in [2.24, 2.45) is 11.1 Å². The summed E-state index contributed by atoms with van der Waals surface area (Å²) in [6.45, 7) is 3.40. The van der Waals surface area contributed by atoms with Crippen molar-refractivity contribution in [1.29, 1.82) is 0 Å². The van der Waals surface area contributed by atoms with Crippen molar-refractivity contribution in [3.8, 4) is 5.75 Å². The molecule has 20 heavy (non-hydrogen) atoms. The number of hydrogen-bond donors (Lipinski definition) is 1. The van der Waals surface area contributed by atoms with Crippen molar-refractivity contribution >= 4 is 21.6 Å². The lowest BCUT2D eigenvalue weighted by Crippen LogP contribution is -2.34. The first-order chi connectivity index (χ1) is 9.32. The van der Waals surface area contributed by atoms with E-state index in [1.165, 1.54) is 23.5 Å². The van der Waals surface area contributed by atoms with Crippen molar-refractivity contribution in [1.82, 2.24) is 4.31 Å². The molecule has 5 nitrogen and oxygen atoms in total. The molecule has 1 aliphatic rings. The lowest BCUT2D eigenvalue weighted by Gasteiger charge is -2.22. The molecule has 0 aromatic heterocycles. The Balaban J connectivity index is 2.30. The van der Waals surface area contributed by atoms with E-state index in [0.29, 0.717) is 25.4 Å². The summed E-state index contributed by atoms with van der Waals surface area (Å²) < 4.78 is 31.7. The van der Waals surface area contributed by atoms with Crippen LogP contribution in [-0.4, -0.2) is 39.5 Å². The van der Waals surface area contributed by atoms with Gasteiger partial charge < -0.3 is 10.5 Å². The highest BCUT2D eigenvalue weighted by atomic mass is 35.5. The summed E-state index contributed by atoms with van der Waals surface area (Å²) in [5, 5.41) is 0.286. The van der Waals surface area contributed by atoms with Crippen LogP contribution in [0.25, 0.3) is 0 Å². The van der Waals surface area contributed by atoms with Crippen LogP contribution in [-0.2, 0) is 10.0 Å². The molecule has 1 aromatic rings. The Morgan fingerprint density at radius 3 is 2.70 bits per heavy atom. The van der Waals surface area contributed by atoms with Gasteiger partial charge in [0.1, 0.15) is 5.75 Å². The zero-order valence-corrected chi connectivity index (χ0v) is 13.2. The number of methoxy groups -OCH3 is 1. The molecule has 1 fully saturated rings. The van der Waals surface area contributed by atoms with Crippen LogP contribution in [0, 0.1) is 5.41 Å². The standard InChI is InChI=1S/C13H19ClN2O3S/c1-13(8-15)5-6-16(9-13)20(17,18)10-3-4-12(19-2)11(14)7-10/h3-4,7H,5-6,8-9,15H2,1-2H3. The molecular formula is C13H19ClN2O3S. The SMILES string of the molecule is COc1ccc(S(=O)(=O)N2CCC(C)(CN)C2)cc1Cl. The van der Waals surface area contributed by atoms with Crippen molar-refractivity contribution in [2.75, 3.05) is 26.7 Å². The van der Waals surface area contributed by atoms with Crippen LogP contribution in [0.2, 0.25) is 5.02 Å². The predicted octanol–water partition coefficient (Wildman–Crippen LogP) is 1.71. The number of sulfonamides is 1. The number of rotatable bonds is 4. The van der Waals surface area contributed by atoms with Crippen LogP contribution in [0.5, 0.6) is 5.75 Å². The van der Waals surface area contributed by atoms with E-state index in [4.69, 9.17) is 22.1 Å². The van der Waals surface area contributed by atoms with Crippen molar-refractivity contribution in [2.45, 2.75) is 18.2 Å². The van der Waals surface area contributed by atoms with E-state index in [2.05, 4.69) is 0 Å². The minimum absolute atomic E-state index is 0.149. The van der Waals surface area contributed by atoms with Gasteiger partial charge in [0.25, 0.3) is 0 Å². The van der Waals surface area contributed by atoms with Gasteiger partial charge in [-0.3, -0.25) is 0 Å². The normalized spacial score (nSPS) is 24.0. The van der Waals surface area contributed by atoms with E-state index in [9.17, 15) is 8.42 Å². The third kappa shape index (κ3) is 2.79. The van der Waals surface area contributed by atoms with Gasteiger partial charge in [-0.15, -0.1) is 0 Å². The van der Waals surface area contributed by atoms with Gasteiger partial charge in [0.05, 0.1) is 17.0 Å². The molecule has 0 spiro atoms. The zero-order valence-electron chi connectivity index (χ0n) is 11.6. The largest absolute Gasteiger partial charge is 0.495 e. The summed E-state index contributed by atoms with van der Waals surface area (Å²) in [6.07, 6.45) is 0.770. The highest BCUT2D eigenvalue weighted by Gasteiger charge is 2.39. The van der Waals surface area contributed by atoms with E-state index in [1.807, 2.05) is 6.92 Å². The van der Waals surface area contributed by atoms with Crippen LogP contribution >= 0.6 is 11.6 Å². The molecule has 1 atom stereocenters. The second kappa shape index (κ2) is 5.52. The first-order valence-electron chi connectivity index (χ1n) is 6.36. The number of nitrogens with zero attached hydrogens (tertiary/aromatic N) is 1. The first-order valence-corrected chi connectivity index (χ1v) is 8.18. The second-order valence-corrected chi connectivity index (χ2v) is 7.74. The molecule has 0 saturated carbocycles. The van der Waals surface area contributed by atoms with Crippen LogP contribution in [0.15, 0.2) is 23.1 Å². The van der Waals surface area contributed by atoms with E-state index < -0.39 is 10.0 Å². The van der Waals surface area contributed by atoms with Crippen LogP contribution in [0.1, 0.15) is 13.3 Å². The number of benzene rings is 1. The molecule has 0 amide bonds. The van der Waals surface area contributed by atoms with Crippen molar-refractivity contribution in [3.05, 3.63) is 23.2 Å². The van der Waals surface area contributed by atoms with Gasteiger partial charge in [-0.2, -0.15) is 4.31 Å². The minimum atomic E-state index is -3.53. The maximum Gasteiger partial charge on any atom is 0.243 e. The highest BCUT2D eigenvalue weighted by Crippen LogP contribution is 2.34. The molecule has 0 radical (unpaired) electrons. The molecule has 112 valence electrons. The summed E-state index contributed by atoms with van der Waals surface area (Å²) >= 11 is 6.00. The molecule has 1 aliphatic heterocycles. The third-order valence-corrected chi connectivity index (χ3v) is 5.91. The molecule has 0 bridgehead atoms. The van der Waals surface area contributed by atoms with Gasteiger partial charge in [0, 0.05) is 13.1 Å². The fourth-order valence-electron chi connectivity index (χ4n) is 2.31. The number of nitrogens with two attached hydrogens (primary N) is 1. The Kier molecular flexibility index (Phi) is 4.30. The molecule has 1 aromatic carbocycles. The molecule has 1 heterocycles. The summed E-state index contributed by atoms with van der Waals surface area (Å²) in [4.78, 5) is 0.185. The molecule has 0 aliphatic carbocycles. The first kappa shape index (κ1) is 15.6. The van der Waals surface area contributed by atoms with Crippen molar-refractivity contribution < 1.29 is 13.2 Å². The summed E-state index contributed by atoms with van der Waals surface area (Å²) in [5.41, 5.74) is 5.57. The number of halogens is 1. The second-order valence-electron chi connectivity index (χ2n) is 5.40. The van der Waals surface area contributed by atoms with E-state index in [1.54, 1.807) is 6.07 Å². The Morgan fingerprint density at radius 2 is 2.20 bits per heavy atom. The predicted molar refractivity (Wildman–Crippen MR) is 78.5 cm³/mol. The Hall–Kier alpha value is -0.820. The quantitative estimate of drug-likeness (QED) is 0.917. The van der Waals surface area contributed by atoms with Crippen LogP contribution < -0.4 is 10.5 Å². The average Bonchev–Trinajstić information content (AvgIpc) is 2.83. The summed E-state index contributed by atoms with van der Waals surface area (Å²) in [6, 6.07) is 4.50. The maximum absolute atomic E-state index is 12.6. The number of hydrogen-bond acceptors (Lipinski definition) is 4. The summed E-state index contributed by atoms with van der Waals surface area (Å²) in [7, 11) is -2.04. The molecule has 2 N–H and O–H groups in total. The van der Waals surface area contributed by atoms with E-state index in [-0.39, 0.29) is 15.3 Å². The highest BCUT2D eigenvalue weighted by molar-refractivity contribution is 7.89. The molecule has 1 unspecified atom stereocenters. The lowest BCUT2D eigenvalue weighted by atomic mass is 9.90. The van der Waals surface area contributed by atoms with Gasteiger partial charge in [0.2, 0.25) is 10.0 Å². The van der Waals surface area contributed by atoms with Crippen LogP contribution in [0.4, 0.5) is 0 Å². The lowest BCUT2D eigenvalue weighted by molar-refractivity contribution is 0.349. The van der Waals surface area contributed by atoms with Gasteiger partial charge >= 0.3 is 0 Å². The fraction of sp³-hybridized carbons (Fsp3) is 0.538. The van der Waals surface area contributed by atoms with Gasteiger partial charge in [-0.1, -0.05) is 18.5 Å². The average molecular weight is 319 g/mol. The van der Waals surface area contributed by atoms with Gasteiger partial charge in [0.15, 0.2) is 0 Å². The molecule has 1 saturated heterocycles. The Labute approximate surface area is 124 Å². The summed E-state index contributed by atoms with van der Waals surface area (Å²) in [5.74, 6) is 0.457. The van der Waals surface area contributed by atoms with Crippen molar-refractivity contribution in [3.63, 3.8) is 0 Å². The zero-order chi connectivity index (χ0) is 15.0. The van der Waals surface area contributed by atoms with E-state index in [0.717, 1.165) is 6.42 Å². The molecule has 2 rings (SSSR count). The van der Waals surface area contributed by atoms with Crippen LogP contribution in [0.3, 0.4) is 0 Å². The molecule has 7 heteroatoms. The van der Waals surface area contributed by atoms with Gasteiger partial charge in [-0.05, 0) is 36.6 Å². The maximum atomic E-state index is 12.6. The Bertz CT molecular complexity index is 606.